The fourth-order valence-electron chi connectivity index (χ4n) is 2.04. The van der Waals surface area contributed by atoms with Crippen molar-refractivity contribution < 1.29 is 14.3 Å². The highest BCUT2D eigenvalue weighted by molar-refractivity contribution is 5.87. The minimum atomic E-state index is -0.410. The SMILES string of the molecule is CCOC(=O)c1cc2n(n1)CCCN(C(C)=O)C2. The quantitative estimate of drug-likeness (QED) is 0.730. The summed E-state index contributed by atoms with van der Waals surface area (Å²) in [5.74, 6) is -0.366. The fourth-order valence-corrected chi connectivity index (χ4v) is 2.04. The molecule has 0 aliphatic carbocycles. The molecule has 0 bridgehead atoms. The van der Waals surface area contributed by atoms with Gasteiger partial charge in [-0.1, -0.05) is 0 Å². The number of rotatable bonds is 2. The van der Waals surface area contributed by atoms with Crippen LogP contribution in [0.2, 0.25) is 0 Å². The zero-order valence-corrected chi connectivity index (χ0v) is 10.7. The van der Waals surface area contributed by atoms with E-state index in [1.165, 1.54) is 0 Å². The molecule has 18 heavy (non-hydrogen) atoms. The summed E-state index contributed by atoms with van der Waals surface area (Å²) in [6, 6.07) is 1.71. The Morgan fingerprint density at radius 2 is 2.22 bits per heavy atom. The average Bonchev–Trinajstić information content (AvgIpc) is 2.61. The summed E-state index contributed by atoms with van der Waals surface area (Å²) < 4.78 is 6.70. The van der Waals surface area contributed by atoms with E-state index in [1.807, 2.05) is 0 Å². The molecule has 0 unspecified atom stereocenters. The van der Waals surface area contributed by atoms with E-state index >= 15 is 0 Å². The number of hydrogen-bond acceptors (Lipinski definition) is 4. The van der Waals surface area contributed by atoms with Crippen molar-refractivity contribution in [3.8, 4) is 0 Å². The molecule has 6 heteroatoms. The molecule has 1 aromatic heterocycles. The topological polar surface area (TPSA) is 64.4 Å². The highest BCUT2D eigenvalue weighted by Crippen LogP contribution is 2.14. The van der Waals surface area contributed by atoms with Crippen LogP contribution >= 0.6 is 0 Å². The Hall–Kier alpha value is -1.85. The minimum Gasteiger partial charge on any atom is -0.461 e. The number of aryl methyl sites for hydroxylation is 1. The van der Waals surface area contributed by atoms with E-state index in [-0.39, 0.29) is 5.91 Å². The maximum absolute atomic E-state index is 11.6. The number of fused-ring (bicyclic) bond motifs is 1. The van der Waals surface area contributed by atoms with Gasteiger partial charge in [-0.25, -0.2) is 4.79 Å². The molecule has 0 N–H and O–H groups in total. The predicted molar refractivity (Wildman–Crippen MR) is 63.9 cm³/mol. The van der Waals surface area contributed by atoms with Gasteiger partial charge in [-0.3, -0.25) is 9.48 Å². The van der Waals surface area contributed by atoms with E-state index in [0.717, 1.165) is 25.2 Å². The van der Waals surface area contributed by atoms with Crippen LogP contribution in [0.4, 0.5) is 0 Å². The van der Waals surface area contributed by atoms with Crippen LogP contribution in [0.5, 0.6) is 0 Å². The zero-order valence-electron chi connectivity index (χ0n) is 10.7. The average molecular weight is 251 g/mol. The van der Waals surface area contributed by atoms with Crippen LogP contribution in [-0.4, -0.2) is 39.7 Å². The number of carbonyl (C=O) groups is 2. The standard InChI is InChI=1S/C12H17N3O3/c1-3-18-12(17)11-7-10-8-14(9(2)16)5-4-6-15(10)13-11/h7H,3-6,8H2,1-2H3. The number of esters is 1. The van der Waals surface area contributed by atoms with Crippen molar-refractivity contribution in [2.75, 3.05) is 13.2 Å². The van der Waals surface area contributed by atoms with Gasteiger partial charge < -0.3 is 9.64 Å². The van der Waals surface area contributed by atoms with E-state index in [4.69, 9.17) is 4.74 Å². The first-order valence-electron chi connectivity index (χ1n) is 6.11. The Kier molecular flexibility index (Phi) is 3.64. The molecule has 6 nitrogen and oxygen atoms in total. The monoisotopic (exact) mass is 251 g/mol. The number of nitrogens with zero attached hydrogens (tertiary/aromatic N) is 3. The number of carbonyl (C=O) groups excluding carboxylic acids is 2. The molecule has 0 saturated heterocycles. The molecule has 98 valence electrons. The first-order chi connectivity index (χ1) is 8.61. The van der Waals surface area contributed by atoms with Gasteiger partial charge in [-0.15, -0.1) is 0 Å². The Morgan fingerprint density at radius 1 is 1.44 bits per heavy atom. The van der Waals surface area contributed by atoms with Gasteiger partial charge in [0.05, 0.1) is 18.8 Å². The second kappa shape index (κ2) is 5.20. The second-order valence-corrected chi connectivity index (χ2v) is 4.26. The van der Waals surface area contributed by atoms with Crippen molar-refractivity contribution in [2.45, 2.75) is 33.4 Å². The summed E-state index contributed by atoms with van der Waals surface area (Å²) in [4.78, 5) is 24.8. The molecule has 0 aromatic carbocycles. The largest absolute Gasteiger partial charge is 0.461 e. The molecule has 2 rings (SSSR count). The third-order valence-corrected chi connectivity index (χ3v) is 2.94. The lowest BCUT2D eigenvalue weighted by Crippen LogP contribution is -2.28. The molecular formula is C12H17N3O3. The molecular weight excluding hydrogens is 234 g/mol. The van der Waals surface area contributed by atoms with Crippen molar-refractivity contribution in [1.82, 2.24) is 14.7 Å². The molecule has 1 aromatic rings. The van der Waals surface area contributed by atoms with Crippen molar-refractivity contribution in [1.29, 1.82) is 0 Å². The minimum absolute atomic E-state index is 0.0438. The Morgan fingerprint density at radius 3 is 2.89 bits per heavy atom. The Labute approximate surface area is 106 Å². The molecule has 1 aliphatic heterocycles. The molecule has 0 saturated carbocycles. The lowest BCUT2D eigenvalue weighted by atomic mass is 10.3. The molecule has 1 aliphatic rings. The Balaban J connectivity index is 2.20. The van der Waals surface area contributed by atoms with Gasteiger partial charge in [0.2, 0.25) is 5.91 Å². The van der Waals surface area contributed by atoms with Gasteiger partial charge in [0.15, 0.2) is 5.69 Å². The number of amides is 1. The third-order valence-electron chi connectivity index (χ3n) is 2.94. The van der Waals surface area contributed by atoms with Gasteiger partial charge in [-0.2, -0.15) is 5.10 Å². The normalized spacial score (nSPS) is 14.9. The van der Waals surface area contributed by atoms with Crippen LogP contribution in [0.25, 0.3) is 0 Å². The first-order valence-corrected chi connectivity index (χ1v) is 6.11. The van der Waals surface area contributed by atoms with Gasteiger partial charge in [0.1, 0.15) is 0 Å². The lowest BCUT2D eigenvalue weighted by Gasteiger charge is -2.17. The molecule has 1 amide bonds. The van der Waals surface area contributed by atoms with E-state index in [9.17, 15) is 9.59 Å². The van der Waals surface area contributed by atoms with Crippen LogP contribution in [-0.2, 0) is 22.6 Å². The van der Waals surface area contributed by atoms with Crippen LogP contribution in [0.15, 0.2) is 6.07 Å². The van der Waals surface area contributed by atoms with Gasteiger partial charge >= 0.3 is 5.97 Å². The lowest BCUT2D eigenvalue weighted by molar-refractivity contribution is -0.129. The molecule has 0 radical (unpaired) electrons. The maximum Gasteiger partial charge on any atom is 0.358 e. The van der Waals surface area contributed by atoms with E-state index in [2.05, 4.69) is 5.10 Å². The number of ether oxygens (including phenoxy) is 1. The van der Waals surface area contributed by atoms with Crippen molar-refractivity contribution >= 4 is 11.9 Å². The van der Waals surface area contributed by atoms with E-state index in [0.29, 0.717) is 18.8 Å². The third kappa shape index (κ3) is 2.52. The van der Waals surface area contributed by atoms with Gasteiger partial charge in [0, 0.05) is 20.0 Å². The summed E-state index contributed by atoms with van der Waals surface area (Å²) in [7, 11) is 0. The second-order valence-electron chi connectivity index (χ2n) is 4.26. The van der Waals surface area contributed by atoms with Crippen LogP contribution in [0.3, 0.4) is 0 Å². The van der Waals surface area contributed by atoms with Crippen LogP contribution in [0, 0.1) is 0 Å². The summed E-state index contributed by atoms with van der Waals surface area (Å²) in [6.45, 7) is 5.60. The van der Waals surface area contributed by atoms with E-state index in [1.54, 1.807) is 29.5 Å². The zero-order chi connectivity index (χ0) is 13.1. The van der Waals surface area contributed by atoms with Gasteiger partial charge in [-0.05, 0) is 19.4 Å². The summed E-state index contributed by atoms with van der Waals surface area (Å²) in [6.07, 6.45) is 0.844. The number of hydrogen-bond donors (Lipinski definition) is 0. The maximum atomic E-state index is 11.6. The Bertz CT molecular complexity index is 467. The highest BCUT2D eigenvalue weighted by atomic mass is 16.5. The summed E-state index contributed by atoms with van der Waals surface area (Å²) >= 11 is 0. The molecule has 0 spiro atoms. The van der Waals surface area contributed by atoms with Gasteiger partial charge in [0.25, 0.3) is 0 Å². The van der Waals surface area contributed by atoms with Crippen LogP contribution in [0.1, 0.15) is 36.5 Å². The first kappa shape index (κ1) is 12.6. The molecule has 0 fully saturated rings. The van der Waals surface area contributed by atoms with Crippen molar-refractivity contribution in [3.63, 3.8) is 0 Å². The van der Waals surface area contributed by atoms with Crippen LogP contribution < -0.4 is 0 Å². The summed E-state index contributed by atoms with van der Waals surface area (Å²) in [5.41, 5.74) is 1.20. The molecule has 2 heterocycles. The highest BCUT2D eigenvalue weighted by Gasteiger charge is 2.20. The van der Waals surface area contributed by atoms with Crippen molar-refractivity contribution in [3.05, 3.63) is 17.5 Å². The van der Waals surface area contributed by atoms with E-state index < -0.39 is 5.97 Å². The predicted octanol–water partition coefficient (Wildman–Crippen LogP) is 0.812. The molecule has 0 atom stereocenters. The fraction of sp³-hybridized carbons (Fsp3) is 0.583. The smallest absolute Gasteiger partial charge is 0.358 e. The number of aromatic nitrogens is 2. The van der Waals surface area contributed by atoms with Crippen molar-refractivity contribution in [2.24, 2.45) is 0 Å². The summed E-state index contributed by atoms with van der Waals surface area (Å²) in [5, 5.41) is 4.23.